The van der Waals surface area contributed by atoms with Gasteiger partial charge in [-0.25, -0.2) is 0 Å². The minimum Gasteiger partial charge on any atom is -0.364 e. The summed E-state index contributed by atoms with van der Waals surface area (Å²) in [6.07, 6.45) is 0.520. The molecule has 0 aromatic carbocycles. The van der Waals surface area contributed by atoms with Crippen LogP contribution in [0.25, 0.3) is 0 Å². The number of nitrogens with zero attached hydrogens (tertiary/aromatic N) is 1. The van der Waals surface area contributed by atoms with Crippen molar-refractivity contribution in [1.82, 2.24) is 10.6 Å². The van der Waals surface area contributed by atoms with Crippen LogP contribution in [-0.4, -0.2) is 36.5 Å². The number of carbonyl (C=O) groups excluding carboxylic acids is 1. The largest absolute Gasteiger partial charge is 0.364 e. The average Bonchev–Trinajstić information content (AvgIpc) is 2.67. The molecular formula is C10H19N3OS. The van der Waals surface area contributed by atoms with Gasteiger partial charge in [-0.1, -0.05) is 25.6 Å². The van der Waals surface area contributed by atoms with E-state index >= 15 is 0 Å². The minimum absolute atomic E-state index is 0.111. The molecule has 1 amide bonds. The number of rotatable bonds is 5. The molecule has 2 N–H and O–H groups in total. The first-order valence-corrected chi connectivity index (χ1v) is 6.35. The summed E-state index contributed by atoms with van der Waals surface area (Å²) in [6, 6.07) is 0. The summed E-state index contributed by atoms with van der Waals surface area (Å²) >= 11 is 1.72. The number of amides is 1. The maximum atomic E-state index is 11.3. The number of carbonyl (C=O) groups is 1. The van der Waals surface area contributed by atoms with E-state index in [4.69, 9.17) is 0 Å². The number of thioether (sulfide) groups is 1. The molecule has 0 atom stereocenters. The fourth-order valence-corrected chi connectivity index (χ4v) is 1.89. The molecule has 5 heteroatoms. The summed E-state index contributed by atoms with van der Waals surface area (Å²) in [4.78, 5) is 15.6. The Morgan fingerprint density at radius 3 is 3.00 bits per heavy atom. The summed E-state index contributed by atoms with van der Waals surface area (Å²) in [5.41, 5.74) is 0. The molecule has 0 bridgehead atoms. The molecule has 86 valence electrons. The van der Waals surface area contributed by atoms with Crippen molar-refractivity contribution in [3.63, 3.8) is 0 Å². The summed E-state index contributed by atoms with van der Waals surface area (Å²) in [5.74, 6) is 1.68. The highest BCUT2D eigenvalue weighted by atomic mass is 32.2. The third-order valence-electron chi connectivity index (χ3n) is 1.92. The Labute approximate surface area is 95.3 Å². The summed E-state index contributed by atoms with van der Waals surface area (Å²) < 4.78 is 0. The molecule has 0 radical (unpaired) electrons. The van der Waals surface area contributed by atoms with Crippen LogP contribution in [0.4, 0.5) is 0 Å². The molecule has 1 rings (SSSR count). The van der Waals surface area contributed by atoms with E-state index in [0.29, 0.717) is 18.9 Å². The van der Waals surface area contributed by atoms with Crippen LogP contribution in [0.2, 0.25) is 0 Å². The minimum atomic E-state index is 0.111. The zero-order valence-corrected chi connectivity index (χ0v) is 10.2. The highest BCUT2D eigenvalue weighted by Crippen LogP contribution is 2.08. The van der Waals surface area contributed by atoms with E-state index in [1.54, 1.807) is 11.8 Å². The molecule has 0 aromatic heterocycles. The van der Waals surface area contributed by atoms with Gasteiger partial charge < -0.3 is 10.6 Å². The lowest BCUT2D eigenvalue weighted by Crippen LogP contribution is -2.31. The fourth-order valence-electron chi connectivity index (χ4n) is 1.13. The van der Waals surface area contributed by atoms with Crippen molar-refractivity contribution in [2.45, 2.75) is 20.3 Å². The number of hydrogen-bond acceptors (Lipinski definition) is 4. The highest BCUT2D eigenvalue weighted by Gasteiger charge is 2.07. The lowest BCUT2D eigenvalue weighted by Gasteiger charge is -2.08. The molecule has 0 spiro atoms. The van der Waals surface area contributed by atoms with Gasteiger partial charge in [-0.2, -0.15) is 0 Å². The van der Waals surface area contributed by atoms with E-state index in [2.05, 4.69) is 29.5 Å². The molecule has 1 heterocycles. The maximum absolute atomic E-state index is 11.3. The first kappa shape index (κ1) is 12.4. The van der Waals surface area contributed by atoms with Crippen LogP contribution in [0.1, 0.15) is 20.3 Å². The van der Waals surface area contributed by atoms with Gasteiger partial charge in [0.15, 0.2) is 5.17 Å². The van der Waals surface area contributed by atoms with Gasteiger partial charge in [-0.15, -0.1) is 0 Å². The number of amidine groups is 1. The van der Waals surface area contributed by atoms with Gasteiger partial charge >= 0.3 is 0 Å². The van der Waals surface area contributed by atoms with E-state index in [-0.39, 0.29) is 5.91 Å². The second-order valence-electron chi connectivity index (χ2n) is 3.91. The Balaban J connectivity index is 2.01. The third kappa shape index (κ3) is 5.67. The smallest absolute Gasteiger partial charge is 0.221 e. The van der Waals surface area contributed by atoms with Crippen molar-refractivity contribution in [2.75, 3.05) is 25.4 Å². The molecule has 1 aliphatic rings. The van der Waals surface area contributed by atoms with E-state index in [9.17, 15) is 4.79 Å². The van der Waals surface area contributed by atoms with Crippen LogP contribution in [0.3, 0.4) is 0 Å². The van der Waals surface area contributed by atoms with E-state index in [0.717, 1.165) is 24.0 Å². The van der Waals surface area contributed by atoms with Gasteiger partial charge in [0.05, 0.1) is 6.54 Å². The molecule has 1 aliphatic heterocycles. The van der Waals surface area contributed by atoms with Crippen molar-refractivity contribution in [2.24, 2.45) is 10.9 Å². The van der Waals surface area contributed by atoms with Crippen LogP contribution >= 0.6 is 11.8 Å². The first-order chi connectivity index (χ1) is 7.18. The quantitative estimate of drug-likeness (QED) is 0.734. The van der Waals surface area contributed by atoms with Crippen LogP contribution in [-0.2, 0) is 4.79 Å². The SMILES string of the molecule is CC(C)CNC(=O)CCNC1=NCCS1. The Bertz CT molecular complexity index is 241. The third-order valence-corrected chi connectivity index (χ3v) is 2.85. The lowest BCUT2D eigenvalue weighted by atomic mass is 10.2. The second kappa shape index (κ2) is 6.71. The predicted molar refractivity (Wildman–Crippen MR) is 65.2 cm³/mol. The van der Waals surface area contributed by atoms with Gasteiger partial charge in [0.25, 0.3) is 0 Å². The van der Waals surface area contributed by atoms with Crippen LogP contribution in [0.5, 0.6) is 0 Å². The summed E-state index contributed by atoms with van der Waals surface area (Å²) in [6.45, 7) is 6.50. The average molecular weight is 229 g/mol. The second-order valence-corrected chi connectivity index (χ2v) is 4.99. The van der Waals surface area contributed by atoms with Crippen molar-refractivity contribution >= 4 is 22.8 Å². The van der Waals surface area contributed by atoms with Crippen molar-refractivity contribution in [3.05, 3.63) is 0 Å². The Kier molecular flexibility index (Phi) is 5.53. The molecule has 0 unspecified atom stereocenters. The van der Waals surface area contributed by atoms with E-state index < -0.39 is 0 Å². The Hall–Kier alpha value is -0.710. The number of aliphatic imine (C=N–C) groups is 1. The fraction of sp³-hybridized carbons (Fsp3) is 0.800. The zero-order chi connectivity index (χ0) is 11.1. The first-order valence-electron chi connectivity index (χ1n) is 5.36. The molecule has 0 aromatic rings. The van der Waals surface area contributed by atoms with Gasteiger partial charge in [-0.3, -0.25) is 9.79 Å². The summed E-state index contributed by atoms with van der Waals surface area (Å²) in [5, 5.41) is 7.01. The Morgan fingerprint density at radius 1 is 1.60 bits per heavy atom. The monoisotopic (exact) mass is 229 g/mol. The normalized spacial score (nSPS) is 15.3. The van der Waals surface area contributed by atoms with E-state index in [1.165, 1.54) is 0 Å². The summed E-state index contributed by atoms with van der Waals surface area (Å²) in [7, 11) is 0. The molecule has 0 aliphatic carbocycles. The van der Waals surface area contributed by atoms with Gasteiger partial charge in [0, 0.05) is 25.3 Å². The lowest BCUT2D eigenvalue weighted by molar-refractivity contribution is -0.121. The van der Waals surface area contributed by atoms with Crippen LogP contribution < -0.4 is 10.6 Å². The Morgan fingerprint density at radius 2 is 2.40 bits per heavy atom. The molecule has 0 saturated carbocycles. The molecule has 4 nitrogen and oxygen atoms in total. The van der Waals surface area contributed by atoms with Crippen LogP contribution in [0.15, 0.2) is 4.99 Å². The van der Waals surface area contributed by atoms with Gasteiger partial charge in [-0.05, 0) is 5.92 Å². The van der Waals surface area contributed by atoms with Crippen molar-refractivity contribution in [1.29, 1.82) is 0 Å². The van der Waals surface area contributed by atoms with E-state index in [1.807, 2.05) is 0 Å². The van der Waals surface area contributed by atoms with Crippen LogP contribution in [0, 0.1) is 5.92 Å². The standard InChI is InChI=1S/C10H19N3OS/c1-8(2)7-13-9(14)3-4-11-10-12-5-6-15-10/h8H,3-7H2,1-2H3,(H,11,12)(H,13,14). The number of nitrogens with one attached hydrogen (secondary N) is 2. The van der Waals surface area contributed by atoms with Crippen molar-refractivity contribution in [3.8, 4) is 0 Å². The van der Waals surface area contributed by atoms with Crippen molar-refractivity contribution < 1.29 is 4.79 Å². The molecule has 0 fully saturated rings. The van der Waals surface area contributed by atoms with Gasteiger partial charge in [0.1, 0.15) is 0 Å². The molecule has 0 saturated heterocycles. The zero-order valence-electron chi connectivity index (χ0n) is 9.38. The maximum Gasteiger partial charge on any atom is 0.221 e. The topological polar surface area (TPSA) is 53.5 Å². The molecular weight excluding hydrogens is 210 g/mol. The highest BCUT2D eigenvalue weighted by molar-refractivity contribution is 8.14. The number of hydrogen-bond donors (Lipinski definition) is 2. The predicted octanol–water partition coefficient (Wildman–Crippen LogP) is 0.841. The molecule has 15 heavy (non-hydrogen) atoms. The van der Waals surface area contributed by atoms with Gasteiger partial charge in [0.2, 0.25) is 5.91 Å².